The zero-order chi connectivity index (χ0) is 15.0. The van der Waals surface area contributed by atoms with Gasteiger partial charge in [-0.15, -0.1) is 0 Å². The topological polar surface area (TPSA) is 18.5 Å². The predicted octanol–water partition coefficient (Wildman–Crippen LogP) is 3.86. The van der Waals surface area contributed by atoms with Gasteiger partial charge in [0.15, 0.2) is 0 Å². The molecule has 0 saturated heterocycles. The Morgan fingerprint density at radius 2 is 1.05 bits per heavy atom. The Balaban J connectivity index is 2.48. The first kappa shape index (κ1) is 15.6. The maximum Gasteiger partial charge on any atom is 0.222 e. The third-order valence-corrected chi connectivity index (χ3v) is 3.07. The van der Waals surface area contributed by atoms with Gasteiger partial charge in [0.1, 0.15) is 13.3 Å². The fourth-order valence-electron chi connectivity index (χ4n) is 2.22. The molecule has 112 valence electrons. The Bertz CT molecular complexity index is 467. The van der Waals surface area contributed by atoms with Crippen LogP contribution in [-0.4, -0.2) is 26.6 Å². The Morgan fingerprint density at radius 1 is 0.667 bits per heavy atom. The van der Waals surface area contributed by atoms with Gasteiger partial charge in [-0.2, -0.15) is 0 Å². The van der Waals surface area contributed by atoms with Gasteiger partial charge in [-0.1, -0.05) is 60.7 Å². The number of halogens is 2. The van der Waals surface area contributed by atoms with Crippen LogP contribution in [0, 0.1) is 0 Å². The van der Waals surface area contributed by atoms with Crippen LogP contribution in [0.2, 0.25) is 0 Å². The number of ether oxygens (including phenoxy) is 2. The molecule has 0 fully saturated rings. The number of alkyl halides is 2. The van der Waals surface area contributed by atoms with Crippen LogP contribution in [0.1, 0.15) is 11.1 Å². The molecule has 0 heterocycles. The lowest BCUT2D eigenvalue weighted by Crippen LogP contribution is -2.36. The number of hydrogen-bond donors (Lipinski definition) is 0. The predicted molar refractivity (Wildman–Crippen MR) is 77.5 cm³/mol. The first-order valence-electron chi connectivity index (χ1n) is 6.84. The Morgan fingerprint density at radius 3 is 1.38 bits per heavy atom. The van der Waals surface area contributed by atoms with Gasteiger partial charge >= 0.3 is 0 Å². The van der Waals surface area contributed by atoms with E-state index < -0.39 is 19.1 Å². The summed E-state index contributed by atoms with van der Waals surface area (Å²) in [6.07, 6.45) is 0. The lowest BCUT2D eigenvalue weighted by molar-refractivity contribution is -0.220. The minimum absolute atomic E-state index is 0.129. The summed E-state index contributed by atoms with van der Waals surface area (Å²) in [5, 5.41) is 0. The second kappa shape index (κ2) is 7.86. The van der Waals surface area contributed by atoms with Crippen LogP contribution in [0.15, 0.2) is 60.7 Å². The van der Waals surface area contributed by atoms with E-state index in [1.54, 1.807) is 0 Å². The van der Waals surface area contributed by atoms with Crippen molar-refractivity contribution in [3.8, 4) is 0 Å². The van der Waals surface area contributed by atoms with Crippen LogP contribution in [0.25, 0.3) is 0 Å². The summed E-state index contributed by atoms with van der Waals surface area (Å²) in [6, 6.07) is 18.4. The molecule has 21 heavy (non-hydrogen) atoms. The lowest BCUT2D eigenvalue weighted by atomic mass is 9.97. The van der Waals surface area contributed by atoms with Gasteiger partial charge in [0, 0.05) is 11.1 Å². The zero-order valence-electron chi connectivity index (χ0n) is 11.7. The Hall–Kier alpha value is -1.78. The van der Waals surface area contributed by atoms with Gasteiger partial charge in [0.25, 0.3) is 0 Å². The molecule has 0 bridgehead atoms. The van der Waals surface area contributed by atoms with E-state index in [0.717, 1.165) is 0 Å². The molecule has 0 saturated carbocycles. The van der Waals surface area contributed by atoms with Crippen molar-refractivity contribution in [3.05, 3.63) is 71.8 Å². The molecule has 0 aliphatic carbocycles. The molecule has 0 amide bonds. The van der Waals surface area contributed by atoms with E-state index in [2.05, 4.69) is 0 Å². The summed E-state index contributed by atoms with van der Waals surface area (Å²) in [6.45, 7) is -1.53. The van der Waals surface area contributed by atoms with E-state index in [1.165, 1.54) is 0 Å². The normalized spacial score (nSPS) is 11.5. The number of hydrogen-bond acceptors (Lipinski definition) is 2. The molecule has 2 aromatic carbocycles. The van der Waals surface area contributed by atoms with Gasteiger partial charge in [0.2, 0.25) is 5.79 Å². The fraction of sp³-hybridized carbons (Fsp3) is 0.294. The SMILES string of the molecule is FCCOC(OCCF)(c1ccccc1)c1ccccc1. The molecule has 0 aromatic heterocycles. The van der Waals surface area contributed by atoms with Gasteiger partial charge < -0.3 is 9.47 Å². The molecular weight excluding hydrogens is 274 g/mol. The highest BCUT2D eigenvalue weighted by Gasteiger charge is 2.36. The van der Waals surface area contributed by atoms with E-state index in [9.17, 15) is 8.78 Å². The molecule has 4 heteroatoms. The van der Waals surface area contributed by atoms with E-state index in [0.29, 0.717) is 11.1 Å². The van der Waals surface area contributed by atoms with Gasteiger partial charge in [-0.25, -0.2) is 8.78 Å². The molecule has 0 spiro atoms. The minimum atomic E-state index is -1.29. The van der Waals surface area contributed by atoms with E-state index in [1.807, 2.05) is 60.7 Å². The third kappa shape index (κ3) is 3.65. The zero-order valence-corrected chi connectivity index (χ0v) is 11.7. The average Bonchev–Trinajstić information content (AvgIpc) is 2.57. The first-order chi connectivity index (χ1) is 10.3. The molecule has 2 nitrogen and oxygen atoms in total. The highest BCUT2D eigenvalue weighted by atomic mass is 19.1. The van der Waals surface area contributed by atoms with E-state index >= 15 is 0 Å². The van der Waals surface area contributed by atoms with Gasteiger partial charge in [-0.3, -0.25) is 0 Å². The third-order valence-electron chi connectivity index (χ3n) is 3.07. The molecule has 0 aliphatic heterocycles. The van der Waals surface area contributed by atoms with Crippen LogP contribution in [0.5, 0.6) is 0 Å². The Labute approximate surface area is 123 Å². The van der Waals surface area contributed by atoms with Crippen molar-refractivity contribution in [2.75, 3.05) is 26.6 Å². The monoisotopic (exact) mass is 292 g/mol. The van der Waals surface area contributed by atoms with Crippen LogP contribution < -0.4 is 0 Å². The van der Waals surface area contributed by atoms with Crippen molar-refractivity contribution >= 4 is 0 Å². The first-order valence-corrected chi connectivity index (χ1v) is 6.84. The highest BCUT2D eigenvalue weighted by molar-refractivity contribution is 5.33. The lowest BCUT2D eigenvalue weighted by Gasteiger charge is -2.34. The summed E-state index contributed by atoms with van der Waals surface area (Å²) < 4.78 is 36.6. The van der Waals surface area contributed by atoms with Gasteiger partial charge in [-0.05, 0) is 0 Å². The molecule has 0 atom stereocenters. The summed E-state index contributed by atoms with van der Waals surface area (Å²) in [7, 11) is 0. The van der Waals surface area contributed by atoms with E-state index in [4.69, 9.17) is 9.47 Å². The number of benzene rings is 2. The average molecular weight is 292 g/mol. The molecular formula is C17H18F2O2. The standard InChI is InChI=1S/C17H18F2O2/c18-11-13-20-17(21-14-12-19,15-7-3-1-4-8-15)16-9-5-2-6-10-16/h1-10H,11-14H2. The summed E-state index contributed by atoms with van der Waals surface area (Å²) in [4.78, 5) is 0. The number of rotatable bonds is 8. The molecule has 0 N–H and O–H groups in total. The smallest absolute Gasteiger partial charge is 0.222 e. The summed E-state index contributed by atoms with van der Waals surface area (Å²) in [5.74, 6) is -1.29. The van der Waals surface area contributed by atoms with Crippen molar-refractivity contribution in [2.45, 2.75) is 5.79 Å². The van der Waals surface area contributed by atoms with Crippen molar-refractivity contribution in [2.24, 2.45) is 0 Å². The van der Waals surface area contributed by atoms with Crippen LogP contribution >= 0.6 is 0 Å². The largest absolute Gasteiger partial charge is 0.339 e. The van der Waals surface area contributed by atoms with Crippen LogP contribution in [-0.2, 0) is 15.3 Å². The summed E-state index contributed by atoms with van der Waals surface area (Å²) >= 11 is 0. The van der Waals surface area contributed by atoms with E-state index in [-0.39, 0.29) is 13.2 Å². The van der Waals surface area contributed by atoms with Crippen molar-refractivity contribution in [1.29, 1.82) is 0 Å². The van der Waals surface area contributed by atoms with Gasteiger partial charge in [0.05, 0.1) is 13.2 Å². The van der Waals surface area contributed by atoms with Crippen molar-refractivity contribution in [1.82, 2.24) is 0 Å². The molecule has 0 aliphatic rings. The minimum Gasteiger partial charge on any atom is -0.339 e. The fourth-order valence-corrected chi connectivity index (χ4v) is 2.22. The van der Waals surface area contributed by atoms with Crippen molar-refractivity contribution in [3.63, 3.8) is 0 Å². The quantitative estimate of drug-likeness (QED) is 0.688. The van der Waals surface area contributed by atoms with Crippen LogP contribution in [0.4, 0.5) is 8.78 Å². The highest BCUT2D eigenvalue weighted by Crippen LogP contribution is 2.35. The molecule has 0 unspecified atom stereocenters. The van der Waals surface area contributed by atoms with Crippen LogP contribution in [0.3, 0.4) is 0 Å². The molecule has 0 radical (unpaired) electrons. The second-order valence-corrected chi connectivity index (χ2v) is 4.42. The molecule has 2 rings (SSSR count). The maximum absolute atomic E-state index is 12.6. The van der Waals surface area contributed by atoms with Crippen molar-refractivity contribution < 1.29 is 18.3 Å². The summed E-state index contributed by atoms with van der Waals surface area (Å²) in [5.41, 5.74) is 1.41. The maximum atomic E-state index is 12.6. The Kier molecular flexibility index (Phi) is 5.84. The second-order valence-electron chi connectivity index (χ2n) is 4.42. The molecule has 2 aromatic rings.